The molecule has 4 rings (SSSR count). The topological polar surface area (TPSA) is 34.8 Å². The minimum atomic E-state index is 0.756. The summed E-state index contributed by atoms with van der Waals surface area (Å²) in [5, 5.41) is 3.16. The summed E-state index contributed by atoms with van der Waals surface area (Å²) in [6.45, 7) is 1.00. The highest BCUT2D eigenvalue weighted by molar-refractivity contribution is 9.10. The summed E-state index contributed by atoms with van der Waals surface area (Å²) in [6.07, 6.45) is 0.986. The number of nitrogens with one attached hydrogen (secondary N) is 2. The van der Waals surface area contributed by atoms with Gasteiger partial charge in [-0.1, -0.05) is 33.6 Å². The number of benzene rings is 2. The van der Waals surface area contributed by atoms with Crippen LogP contribution in [0.4, 0.5) is 0 Å². The van der Waals surface area contributed by atoms with Crippen molar-refractivity contribution < 1.29 is 0 Å². The van der Waals surface area contributed by atoms with Crippen LogP contribution in [-0.2, 0) is 6.42 Å². The minimum absolute atomic E-state index is 0.756. The molecule has 2 aromatic carbocycles. The fraction of sp³-hybridized carbons (Fsp3) is 0.200. The van der Waals surface area contributed by atoms with Crippen molar-refractivity contribution in [2.24, 2.45) is 0 Å². The van der Waals surface area contributed by atoms with Gasteiger partial charge in [-0.15, -0.1) is 0 Å². The van der Waals surface area contributed by atoms with Gasteiger partial charge in [0.15, 0.2) is 0 Å². The highest BCUT2D eigenvalue weighted by atomic mass is 79.9. The van der Waals surface area contributed by atoms with Crippen molar-refractivity contribution in [3.05, 3.63) is 57.5 Å². The first-order valence-corrected chi connectivity index (χ1v) is 9.42. The van der Waals surface area contributed by atoms with Crippen LogP contribution in [0, 0.1) is 0 Å². The van der Waals surface area contributed by atoms with Gasteiger partial charge in [0.1, 0.15) is 0 Å². The average Bonchev–Trinajstić information content (AvgIpc) is 3.12. The molecule has 2 aromatic heterocycles. The largest absolute Gasteiger partial charge is 0.353 e. The molecule has 0 saturated carbocycles. The normalized spacial score (nSPS) is 11.9. The SMILES string of the molecule is CN(C)CCc1c(-c2cc3cc(Cl)ccc3[nH]2)[nH]c2cc(Br)ccc12. The van der Waals surface area contributed by atoms with Crippen LogP contribution in [0.5, 0.6) is 0 Å². The van der Waals surface area contributed by atoms with Crippen LogP contribution in [0.25, 0.3) is 33.2 Å². The van der Waals surface area contributed by atoms with Crippen molar-refractivity contribution in [1.29, 1.82) is 0 Å². The molecule has 128 valence electrons. The van der Waals surface area contributed by atoms with Crippen LogP contribution in [0.1, 0.15) is 5.56 Å². The number of fused-ring (bicyclic) bond motifs is 2. The number of likely N-dealkylation sites (N-methyl/N-ethyl adjacent to an activating group) is 1. The van der Waals surface area contributed by atoms with E-state index in [-0.39, 0.29) is 0 Å². The van der Waals surface area contributed by atoms with E-state index in [1.807, 2.05) is 18.2 Å². The van der Waals surface area contributed by atoms with Crippen molar-refractivity contribution in [2.45, 2.75) is 6.42 Å². The van der Waals surface area contributed by atoms with Crippen LogP contribution < -0.4 is 0 Å². The Morgan fingerprint density at radius 1 is 1.00 bits per heavy atom. The maximum Gasteiger partial charge on any atom is 0.0663 e. The zero-order valence-electron chi connectivity index (χ0n) is 14.2. The molecular weight excluding hydrogens is 398 g/mol. The molecule has 0 radical (unpaired) electrons. The molecule has 0 saturated heterocycles. The summed E-state index contributed by atoms with van der Waals surface area (Å²) in [7, 11) is 4.21. The quantitative estimate of drug-likeness (QED) is 0.431. The predicted molar refractivity (Wildman–Crippen MR) is 111 cm³/mol. The summed E-state index contributed by atoms with van der Waals surface area (Å²) in [5.41, 5.74) is 5.84. The Labute approximate surface area is 160 Å². The molecule has 5 heteroatoms. The highest BCUT2D eigenvalue weighted by Crippen LogP contribution is 2.34. The number of aromatic amines is 2. The lowest BCUT2D eigenvalue weighted by molar-refractivity contribution is 0.414. The summed E-state index contributed by atoms with van der Waals surface area (Å²) in [5.74, 6) is 0. The lowest BCUT2D eigenvalue weighted by Gasteiger charge is -2.10. The molecule has 25 heavy (non-hydrogen) atoms. The lowest BCUT2D eigenvalue weighted by atomic mass is 10.1. The standard InChI is InChI=1S/C20H19BrClN3/c1-25(2)8-7-16-15-5-3-13(21)11-18(15)24-20(16)19-10-12-9-14(22)4-6-17(12)23-19/h3-6,9-11,23-24H,7-8H2,1-2H3. The molecule has 2 heterocycles. The van der Waals surface area contributed by atoms with Gasteiger partial charge in [0.05, 0.1) is 11.4 Å². The first-order chi connectivity index (χ1) is 12.0. The molecule has 0 fully saturated rings. The van der Waals surface area contributed by atoms with Gasteiger partial charge in [-0.25, -0.2) is 0 Å². The van der Waals surface area contributed by atoms with Gasteiger partial charge < -0.3 is 14.9 Å². The molecule has 0 amide bonds. The fourth-order valence-corrected chi connectivity index (χ4v) is 3.83. The van der Waals surface area contributed by atoms with Crippen molar-refractivity contribution >= 4 is 49.3 Å². The molecule has 0 unspecified atom stereocenters. The van der Waals surface area contributed by atoms with Gasteiger partial charge in [0, 0.05) is 37.8 Å². The first-order valence-electron chi connectivity index (χ1n) is 8.25. The van der Waals surface area contributed by atoms with E-state index in [1.165, 1.54) is 10.9 Å². The fourth-order valence-electron chi connectivity index (χ4n) is 3.29. The Bertz CT molecular complexity index is 1060. The summed E-state index contributed by atoms with van der Waals surface area (Å²) >= 11 is 9.71. The minimum Gasteiger partial charge on any atom is -0.353 e. The van der Waals surface area contributed by atoms with Gasteiger partial charge in [-0.2, -0.15) is 0 Å². The van der Waals surface area contributed by atoms with Gasteiger partial charge >= 0.3 is 0 Å². The molecule has 0 aliphatic heterocycles. The van der Waals surface area contributed by atoms with Crippen LogP contribution >= 0.6 is 27.5 Å². The summed E-state index contributed by atoms with van der Waals surface area (Å²) in [4.78, 5) is 9.35. The number of H-pyrrole nitrogens is 2. The molecule has 4 aromatic rings. The number of rotatable bonds is 4. The van der Waals surface area contributed by atoms with E-state index >= 15 is 0 Å². The third kappa shape index (κ3) is 3.22. The third-order valence-corrected chi connectivity index (χ3v) is 5.26. The molecular formula is C20H19BrClN3. The van der Waals surface area contributed by atoms with Crippen LogP contribution in [0.2, 0.25) is 5.02 Å². The number of hydrogen-bond donors (Lipinski definition) is 2. The second-order valence-electron chi connectivity index (χ2n) is 6.64. The zero-order valence-corrected chi connectivity index (χ0v) is 16.5. The van der Waals surface area contributed by atoms with Crippen LogP contribution in [-0.4, -0.2) is 35.5 Å². The van der Waals surface area contributed by atoms with Crippen molar-refractivity contribution in [2.75, 3.05) is 20.6 Å². The second-order valence-corrected chi connectivity index (χ2v) is 7.99. The molecule has 3 nitrogen and oxygen atoms in total. The van der Waals surface area contributed by atoms with E-state index in [0.717, 1.165) is 50.3 Å². The van der Waals surface area contributed by atoms with E-state index in [9.17, 15) is 0 Å². The lowest BCUT2D eigenvalue weighted by Crippen LogP contribution is -2.15. The van der Waals surface area contributed by atoms with E-state index in [0.29, 0.717) is 0 Å². The molecule has 0 atom stereocenters. The Kier molecular flexibility index (Phi) is 4.36. The first kappa shape index (κ1) is 16.7. The Morgan fingerprint density at radius 2 is 1.84 bits per heavy atom. The number of aromatic nitrogens is 2. The predicted octanol–water partition coefficient (Wildman–Crippen LogP) is 5.84. The van der Waals surface area contributed by atoms with E-state index in [4.69, 9.17) is 11.6 Å². The van der Waals surface area contributed by atoms with Gasteiger partial charge in [-0.05, 0) is 62.5 Å². The summed E-state index contributed by atoms with van der Waals surface area (Å²) < 4.78 is 1.08. The number of hydrogen-bond acceptors (Lipinski definition) is 1. The van der Waals surface area contributed by atoms with Crippen molar-refractivity contribution in [1.82, 2.24) is 14.9 Å². The molecule has 2 N–H and O–H groups in total. The van der Waals surface area contributed by atoms with Crippen molar-refractivity contribution in [3.63, 3.8) is 0 Å². The zero-order chi connectivity index (χ0) is 17.6. The molecule has 0 aliphatic carbocycles. The average molecular weight is 417 g/mol. The molecule has 0 aliphatic rings. The van der Waals surface area contributed by atoms with E-state index in [1.54, 1.807) is 0 Å². The smallest absolute Gasteiger partial charge is 0.0663 e. The maximum atomic E-state index is 6.14. The number of halogens is 2. The molecule has 0 bridgehead atoms. The monoisotopic (exact) mass is 415 g/mol. The highest BCUT2D eigenvalue weighted by Gasteiger charge is 2.15. The molecule has 0 spiro atoms. The van der Waals surface area contributed by atoms with Gasteiger partial charge in [0.2, 0.25) is 0 Å². The van der Waals surface area contributed by atoms with Crippen molar-refractivity contribution in [3.8, 4) is 11.4 Å². The van der Waals surface area contributed by atoms with Gasteiger partial charge in [-0.3, -0.25) is 0 Å². The Hall–Kier alpha value is -1.75. The second kappa shape index (κ2) is 6.52. The number of nitrogens with zero attached hydrogens (tertiary/aromatic N) is 1. The Balaban J connectivity index is 1.90. The van der Waals surface area contributed by atoms with E-state index < -0.39 is 0 Å². The van der Waals surface area contributed by atoms with Crippen LogP contribution in [0.15, 0.2) is 46.9 Å². The van der Waals surface area contributed by atoms with Crippen LogP contribution in [0.3, 0.4) is 0 Å². The van der Waals surface area contributed by atoms with E-state index in [2.05, 4.69) is 69.2 Å². The van der Waals surface area contributed by atoms with Gasteiger partial charge in [0.25, 0.3) is 0 Å². The third-order valence-electron chi connectivity index (χ3n) is 4.53. The maximum absolute atomic E-state index is 6.14. The summed E-state index contributed by atoms with van der Waals surface area (Å²) in [6, 6.07) is 14.5. The Morgan fingerprint density at radius 3 is 2.64 bits per heavy atom.